The van der Waals surface area contributed by atoms with E-state index in [1.807, 2.05) is 24.3 Å². The number of aromatic nitrogens is 1. The minimum absolute atomic E-state index is 0.0462. The van der Waals surface area contributed by atoms with E-state index < -0.39 is 0 Å². The van der Waals surface area contributed by atoms with Gasteiger partial charge in [-0.15, -0.1) is 0 Å². The van der Waals surface area contributed by atoms with Crippen molar-refractivity contribution in [2.75, 3.05) is 7.11 Å². The largest absolute Gasteiger partial charge is 0.497 e. The molecule has 0 aliphatic carbocycles. The normalized spacial score (nSPS) is 11.6. The van der Waals surface area contributed by atoms with Crippen LogP contribution < -0.4 is 10.1 Å². The first-order valence-electron chi connectivity index (χ1n) is 6.32. The second kappa shape index (κ2) is 5.45. The van der Waals surface area contributed by atoms with E-state index in [1.54, 1.807) is 13.3 Å². The number of ether oxygens (including phenoxy) is 1. The molecule has 1 aromatic carbocycles. The van der Waals surface area contributed by atoms with Gasteiger partial charge in [0.15, 0.2) is 5.76 Å². The van der Waals surface area contributed by atoms with Crippen LogP contribution in [-0.2, 0) is 6.54 Å². The number of oxazole rings is 1. The van der Waals surface area contributed by atoms with Crippen LogP contribution in [0.25, 0.3) is 11.3 Å². The molecule has 2 rings (SSSR count). The van der Waals surface area contributed by atoms with Crippen LogP contribution in [0.3, 0.4) is 0 Å². The molecule has 0 amide bonds. The fraction of sp³-hybridized carbons (Fsp3) is 0.400. The molecule has 1 N–H and O–H groups in total. The van der Waals surface area contributed by atoms with E-state index in [1.165, 1.54) is 0 Å². The van der Waals surface area contributed by atoms with E-state index in [2.05, 4.69) is 31.1 Å². The highest BCUT2D eigenvalue weighted by Gasteiger charge is 2.12. The van der Waals surface area contributed by atoms with E-state index in [0.717, 1.165) is 17.1 Å². The van der Waals surface area contributed by atoms with Crippen LogP contribution >= 0.6 is 0 Å². The Labute approximate surface area is 113 Å². The van der Waals surface area contributed by atoms with Gasteiger partial charge in [0.25, 0.3) is 0 Å². The molecule has 0 aliphatic heterocycles. The Morgan fingerprint density at radius 3 is 2.79 bits per heavy atom. The third-order valence-electron chi connectivity index (χ3n) is 2.68. The fourth-order valence-corrected chi connectivity index (χ4v) is 1.64. The van der Waals surface area contributed by atoms with Crippen molar-refractivity contribution >= 4 is 0 Å². The molecule has 0 spiro atoms. The van der Waals surface area contributed by atoms with Gasteiger partial charge in [-0.25, -0.2) is 4.98 Å². The van der Waals surface area contributed by atoms with Crippen molar-refractivity contribution in [1.82, 2.24) is 10.3 Å². The number of benzene rings is 1. The van der Waals surface area contributed by atoms with E-state index >= 15 is 0 Å². The lowest BCUT2D eigenvalue weighted by Gasteiger charge is -2.18. The van der Waals surface area contributed by atoms with E-state index in [-0.39, 0.29) is 5.54 Å². The second-order valence-corrected chi connectivity index (χ2v) is 5.45. The SMILES string of the molecule is COc1cccc(-c2cnc(CNC(C)(C)C)o2)c1. The zero-order valence-electron chi connectivity index (χ0n) is 11.9. The van der Waals surface area contributed by atoms with Crippen molar-refractivity contribution in [2.45, 2.75) is 32.9 Å². The smallest absolute Gasteiger partial charge is 0.208 e. The van der Waals surface area contributed by atoms with Gasteiger partial charge < -0.3 is 14.5 Å². The van der Waals surface area contributed by atoms with E-state index in [0.29, 0.717) is 12.4 Å². The van der Waals surface area contributed by atoms with Gasteiger partial charge >= 0.3 is 0 Å². The van der Waals surface area contributed by atoms with Crippen molar-refractivity contribution in [3.8, 4) is 17.1 Å². The highest BCUT2D eigenvalue weighted by molar-refractivity contribution is 5.58. The Bertz CT molecular complexity index is 541. The molecule has 0 unspecified atom stereocenters. The average molecular weight is 260 g/mol. The van der Waals surface area contributed by atoms with Gasteiger partial charge in [0, 0.05) is 11.1 Å². The van der Waals surface area contributed by atoms with Crippen LogP contribution in [0.5, 0.6) is 5.75 Å². The molecule has 0 atom stereocenters. The predicted octanol–water partition coefficient (Wildman–Crippen LogP) is 3.24. The van der Waals surface area contributed by atoms with Crippen molar-refractivity contribution in [3.05, 3.63) is 36.4 Å². The molecule has 0 saturated carbocycles. The van der Waals surface area contributed by atoms with Crippen LogP contribution in [0, 0.1) is 0 Å². The van der Waals surface area contributed by atoms with Crippen LogP contribution in [0.1, 0.15) is 26.7 Å². The standard InChI is InChI=1S/C15H20N2O2/c1-15(2,3)17-10-14-16-9-13(19-14)11-6-5-7-12(8-11)18-4/h5-9,17H,10H2,1-4H3. The Morgan fingerprint density at radius 2 is 2.11 bits per heavy atom. The summed E-state index contributed by atoms with van der Waals surface area (Å²) in [5.41, 5.74) is 1.01. The minimum atomic E-state index is 0.0462. The number of methoxy groups -OCH3 is 1. The molecule has 2 aromatic rings. The first-order chi connectivity index (χ1) is 8.98. The summed E-state index contributed by atoms with van der Waals surface area (Å²) >= 11 is 0. The maximum atomic E-state index is 5.74. The zero-order chi connectivity index (χ0) is 13.9. The lowest BCUT2D eigenvalue weighted by molar-refractivity contribution is 0.383. The molecule has 0 bridgehead atoms. The van der Waals surface area contributed by atoms with Gasteiger partial charge in [-0.05, 0) is 32.9 Å². The predicted molar refractivity (Wildman–Crippen MR) is 75.1 cm³/mol. The fourth-order valence-electron chi connectivity index (χ4n) is 1.64. The number of nitrogens with zero attached hydrogens (tertiary/aromatic N) is 1. The number of nitrogens with one attached hydrogen (secondary N) is 1. The summed E-state index contributed by atoms with van der Waals surface area (Å²) in [6.45, 7) is 6.95. The molecule has 0 radical (unpaired) electrons. The maximum absolute atomic E-state index is 5.74. The third-order valence-corrected chi connectivity index (χ3v) is 2.68. The van der Waals surface area contributed by atoms with Crippen LogP contribution in [0.2, 0.25) is 0 Å². The topological polar surface area (TPSA) is 47.3 Å². The van der Waals surface area contributed by atoms with Gasteiger partial charge in [-0.2, -0.15) is 0 Å². The van der Waals surface area contributed by atoms with Gasteiger partial charge in [0.2, 0.25) is 5.89 Å². The summed E-state index contributed by atoms with van der Waals surface area (Å²) in [6.07, 6.45) is 1.74. The molecule has 102 valence electrons. The van der Waals surface area contributed by atoms with Crippen LogP contribution in [0.15, 0.2) is 34.9 Å². The quantitative estimate of drug-likeness (QED) is 0.916. The summed E-state index contributed by atoms with van der Waals surface area (Å²) in [5.74, 6) is 2.25. The molecule has 0 fully saturated rings. The van der Waals surface area contributed by atoms with Crippen molar-refractivity contribution in [2.24, 2.45) is 0 Å². The van der Waals surface area contributed by atoms with Crippen LogP contribution in [-0.4, -0.2) is 17.6 Å². The molecule has 0 aliphatic rings. The molecule has 19 heavy (non-hydrogen) atoms. The maximum Gasteiger partial charge on any atom is 0.208 e. The van der Waals surface area contributed by atoms with Crippen molar-refractivity contribution in [1.29, 1.82) is 0 Å². The lowest BCUT2D eigenvalue weighted by atomic mass is 10.1. The molecule has 1 aromatic heterocycles. The number of rotatable bonds is 4. The number of hydrogen-bond acceptors (Lipinski definition) is 4. The summed E-state index contributed by atoms with van der Waals surface area (Å²) in [5, 5.41) is 3.34. The molecular formula is C15H20N2O2. The van der Waals surface area contributed by atoms with Gasteiger partial charge in [0.05, 0.1) is 19.9 Å². The summed E-state index contributed by atoms with van der Waals surface area (Å²) < 4.78 is 10.9. The Balaban J connectivity index is 2.12. The number of hydrogen-bond donors (Lipinski definition) is 1. The Hall–Kier alpha value is -1.81. The summed E-state index contributed by atoms with van der Waals surface area (Å²) in [4.78, 5) is 4.28. The van der Waals surface area contributed by atoms with Crippen LogP contribution in [0.4, 0.5) is 0 Å². The molecular weight excluding hydrogens is 240 g/mol. The Kier molecular flexibility index (Phi) is 3.90. The van der Waals surface area contributed by atoms with Gasteiger partial charge in [-0.1, -0.05) is 12.1 Å². The van der Waals surface area contributed by atoms with E-state index in [9.17, 15) is 0 Å². The Morgan fingerprint density at radius 1 is 1.32 bits per heavy atom. The lowest BCUT2D eigenvalue weighted by Crippen LogP contribution is -2.35. The van der Waals surface area contributed by atoms with Crippen molar-refractivity contribution in [3.63, 3.8) is 0 Å². The third kappa shape index (κ3) is 3.83. The monoisotopic (exact) mass is 260 g/mol. The highest BCUT2D eigenvalue weighted by atomic mass is 16.5. The minimum Gasteiger partial charge on any atom is -0.497 e. The summed E-state index contributed by atoms with van der Waals surface area (Å²) in [7, 11) is 1.65. The highest BCUT2D eigenvalue weighted by Crippen LogP contribution is 2.24. The summed E-state index contributed by atoms with van der Waals surface area (Å²) in [6, 6.07) is 7.75. The van der Waals surface area contributed by atoms with E-state index in [4.69, 9.17) is 9.15 Å². The first-order valence-corrected chi connectivity index (χ1v) is 6.32. The molecule has 4 heteroatoms. The van der Waals surface area contributed by atoms with Gasteiger partial charge in [-0.3, -0.25) is 0 Å². The molecule has 0 saturated heterocycles. The van der Waals surface area contributed by atoms with Gasteiger partial charge in [0.1, 0.15) is 5.75 Å². The molecule has 4 nitrogen and oxygen atoms in total. The first kappa shape index (κ1) is 13.6. The average Bonchev–Trinajstić information content (AvgIpc) is 2.84. The zero-order valence-corrected chi connectivity index (χ0v) is 11.9. The second-order valence-electron chi connectivity index (χ2n) is 5.45. The van der Waals surface area contributed by atoms with Crippen molar-refractivity contribution < 1.29 is 9.15 Å². The molecule has 1 heterocycles.